The van der Waals surface area contributed by atoms with Crippen LogP contribution in [0.1, 0.15) is 32.8 Å². The number of hydrogen-bond acceptors (Lipinski definition) is 6. The summed E-state index contributed by atoms with van der Waals surface area (Å²) in [6.07, 6.45) is 5.51. The highest BCUT2D eigenvalue weighted by Gasteiger charge is 2.39. The van der Waals surface area contributed by atoms with Gasteiger partial charge in [0.05, 0.1) is 23.2 Å². The molecule has 2 aliphatic rings. The number of nitrogens with zero attached hydrogens (tertiary/aromatic N) is 3. The number of rotatable bonds is 8. The van der Waals surface area contributed by atoms with Crippen molar-refractivity contribution in [3.8, 4) is 0 Å². The molecule has 8 heteroatoms. The molecule has 2 unspecified atom stereocenters. The van der Waals surface area contributed by atoms with Crippen molar-refractivity contribution in [2.45, 2.75) is 55.6 Å². The second-order valence-corrected chi connectivity index (χ2v) is 11.1. The molecule has 0 radical (unpaired) electrons. The van der Waals surface area contributed by atoms with Crippen molar-refractivity contribution >= 4 is 33.3 Å². The van der Waals surface area contributed by atoms with Crippen LogP contribution in [-0.2, 0) is 16.5 Å². The molecule has 178 valence electrons. The number of fused-ring (bicyclic) bond motifs is 2. The third-order valence-electron chi connectivity index (χ3n) is 6.51. The van der Waals surface area contributed by atoms with Gasteiger partial charge in [0.25, 0.3) is 10.1 Å². The predicted octanol–water partition coefficient (Wildman–Crippen LogP) is 5.00. The Balaban J connectivity index is 1.90. The molecule has 0 aromatic heterocycles. The van der Waals surface area contributed by atoms with Crippen LogP contribution in [0.4, 0.5) is 11.4 Å². The summed E-state index contributed by atoms with van der Waals surface area (Å²) in [4.78, 5) is 9.32. The van der Waals surface area contributed by atoms with Crippen molar-refractivity contribution in [1.29, 1.82) is 0 Å². The summed E-state index contributed by atoms with van der Waals surface area (Å²) in [7, 11) is -4.10. The van der Waals surface area contributed by atoms with E-state index in [-0.39, 0.29) is 18.0 Å². The molecular formula is C25H33N3O3S2. The van der Waals surface area contributed by atoms with Crippen molar-refractivity contribution in [3.63, 3.8) is 0 Å². The van der Waals surface area contributed by atoms with E-state index in [1.165, 1.54) is 10.5 Å². The van der Waals surface area contributed by atoms with Crippen molar-refractivity contribution in [1.82, 2.24) is 9.80 Å². The van der Waals surface area contributed by atoms with E-state index in [0.717, 1.165) is 42.3 Å². The fourth-order valence-corrected chi connectivity index (χ4v) is 6.48. The van der Waals surface area contributed by atoms with Crippen LogP contribution in [0.25, 0.3) is 0 Å². The van der Waals surface area contributed by atoms with Gasteiger partial charge >= 0.3 is 0 Å². The van der Waals surface area contributed by atoms with E-state index in [4.69, 9.17) is 0 Å². The number of para-hydroxylation sites is 1. The Bertz CT molecular complexity index is 1120. The Hall–Kier alpha value is -2.00. The molecule has 2 aliphatic heterocycles. The first-order valence-corrected chi connectivity index (χ1v) is 14.1. The molecule has 0 bridgehead atoms. The van der Waals surface area contributed by atoms with E-state index in [0.29, 0.717) is 6.42 Å². The molecule has 1 N–H and O–H groups in total. The highest BCUT2D eigenvalue weighted by atomic mass is 32.2. The van der Waals surface area contributed by atoms with Gasteiger partial charge in [0.15, 0.2) is 0 Å². The lowest BCUT2D eigenvalue weighted by Crippen LogP contribution is -2.60. The standard InChI is InChI=1S/C25H33N3O3S2/c1-4-19-12-13-24-22(18-19)28(20-10-7-8-11-23(20)32-24)21(14-17-33(29,30)31)25-26(5-2)15-9-16-27(25)6-3/h7-13,15,18,21,25H,4-6,14,16-17H2,1-3H3,(H,29,30,31). The average molecular weight is 488 g/mol. The van der Waals surface area contributed by atoms with Gasteiger partial charge in [0, 0.05) is 22.9 Å². The topological polar surface area (TPSA) is 64.1 Å². The lowest BCUT2D eigenvalue weighted by Gasteiger charge is -2.50. The summed E-state index contributed by atoms with van der Waals surface area (Å²) < 4.78 is 33.5. The van der Waals surface area contributed by atoms with Crippen molar-refractivity contribution in [2.24, 2.45) is 0 Å². The van der Waals surface area contributed by atoms with Gasteiger partial charge in [-0.05, 0) is 62.3 Å². The molecule has 2 atom stereocenters. The molecule has 2 aromatic rings. The second kappa shape index (κ2) is 10.1. The Morgan fingerprint density at radius 2 is 1.82 bits per heavy atom. The predicted molar refractivity (Wildman–Crippen MR) is 136 cm³/mol. The lowest BCUT2D eigenvalue weighted by atomic mass is 10.0. The minimum atomic E-state index is -4.10. The van der Waals surface area contributed by atoms with Crippen LogP contribution >= 0.6 is 11.8 Å². The second-order valence-electron chi connectivity index (χ2n) is 8.45. The zero-order valence-corrected chi connectivity index (χ0v) is 21.1. The van der Waals surface area contributed by atoms with Crippen LogP contribution in [-0.4, -0.2) is 60.4 Å². The summed E-state index contributed by atoms with van der Waals surface area (Å²) in [6, 6.07) is 14.7. The minimum absolute atomic E-state index is 0.0268. The summed E-state index contributed by atoms with van der Waals surface area (Å²) in [5.41, 5.74) is 3.45. The summed E-state index contributed by atoms with van der Waals surface area (Å²) in [5.74, 6) is -0.276. The van der Waals surface area contributed by atoms with Crippen LogP contribution in [0.2, 0.25) is 0 Å². The van der Waals surface area contributed by atoms with E-state index in [9.17, 15) is 13.0 Å². The molecule has 2 aromatic carbocycles. The zero-order valence-electron chi connectivity index (χ0n) is 19.5. The molecule has 33 heavy (non-hydrogen) atoms. The minimum Gasteiger partial charge on any atom is -0.360 e. The molecule has 0 saturated heterocycles. The van der Waals surface area contributed by atoms with E-state index in [1.54, 1.807) is 11.8 Å². The summed E-state index contributed by atoms with van der Waals surface area (Å²) in [5, 5.41) is 0. The van der Waals surface area contributed by atoms with Gasteiger partial charge in [-0.25, -0.2) is 0 Å². The Kier molecular flexibility index (Phi) is 7.38. The quantitative estimate of drug-likeness (QED) is 0.526. The number of likely N-dealkylation sites (N-methyl/N-ethyl adjacent to an activating group) is 2. The number of hydrogen-bond donors (Lipinski definition) is 1. The summed E-state index contributed by atoms with van der Waals surface area (Å²) in [6.45, 7) is 8.88. The molecule has 0 fully saturated rings. The number of anilines is 2. The molecule has 0 aliphatic carbocycles. The maximum atomic E-state index is 11.9. The fourth-order valence-electron chi connectivity index (χ4n) is 4.88. The maximum Gasteiger partial charge on any atom is 0.264 e. The van der Waals surface area contributed by atoms with E-state index >= 15 is 0 Å². The van der Waals surface area contributed by atoms with Gasteiger partial charge in [0.2, 0.25) is 0 Å². The molecule has 0 amide bonds. The van der Waals surface area contributed by atoms with Crippen LogP contribution in [0.5, 0.6) is 0 Å². The first kappa shape index (κ1) is 24.1. The largest absolute Gasteiger partial charge is 0.360 e. The Morgan fingerprint density at radius 1 is 1.06 bits per heavy atom. The van der Waals surface area contributed by atoms with E-state index in [1.807, 2.05) is 12.1 Å². The average Bonchev–Trinajstić information content (AvgIpc) is 2.82. The van der Waals surface area contributed by atoms with Gasteiger partial charge in [-0.3, -0.25) is 9.45 Å². The molecular weight excluding hydrogens is 454 g/mol. The zero-order chi connectivity index (χ0) is 23.6. The van der Waals surface area contributed by atoms with Crippen LogP contribution in [0, 0.1) is 0 Å². The van der Waals surface area contributed by atoms with E-state index < -0.39 is 10.1 Å². The smallest absolute Gasteiger partial charge is 0.264 e. The normalized spacial score (nSPS) is 19.3. The lowest BCUT2D eigenvalue weighted by molar-refractivity contribution is 0.0585. The van der Waals surface area contributed by atoms with Gasteiger partial charge in [-0.2, -0.15) is 8.42 Å². The van der Waals surface area contributed by atoms with Gasteiger partial charge < -0.3 is 9.80 Å². The molecule has 0 saturated carbocycles. The third kappa shape index (κ3) is 5.09. The fraction of sp³-hybridized carbons (Fsp3) is 0.440. The Morgan fingerprint density at radius 3 is 2.52 bits per heavy atom. The number of aryl methyl sites for hydroxylation is 1. The number of benzene rings is 2. The van der Waals surface area contributed by atoms with Gasteiger partial charge in [-0.15, -0.1) is 0 Å². The van der Waals surface area contributed by atoms with E-state index in [2.05, 4.69) is 78.1 Å². The summed E-state index contributed by atoms with van der Waals surface area (Å²) >= 11 is 1.76. The van der Waals surface area contributed by atoms with Crippen molar-refractivity contribution < 1.29 is 13.0 Å². The molecule has 0 spiro atoms. The first-order chi connectivity index (χ1) is 15.9. The van der Waals surface area contributed by atoms with Crippen LogP contribution in [0.3, 0.4) is 0 Å². The Labute approximate surface area is 202 Å². The van der Waals surface area contributed by atoms with Crippen LogP contribution < -0.4 is 4.90 Å². The SMILES string of the molecule is CCc1ccc2c(c1)N(C(CCS(=O)(=O)O)C1N(CC)C=CCN1CC)c1ccccc1S2. The third-order valence-corrected chi connectivity index (χ3v) is 8.39. The van der Waals surface area contributed by atoms with Crippen molar-refractivity contribution in [2.75, 3.05) is 30.3 Å². The highest BCUT2D eigenvalue weighted by molar-refractivity contribution is 7.99. The van der Waals surface area contributed by atoms with Crippen molar-refractivity contribution in [3.05, 3.63) is 60.3 Å². The molecule has 4 rings (SSSR count). The monoisotopic (exact) mass is 487 g/mol. The molecule has 2 heterocycles. The van der Waals surface area contributed by atoms with Gasteiger partial charge in [0.1, 0.15) is 6.17 Å². The maximum absolute atomic E-state index is 11.9. The molecule has 6 nitrogen and oxygen atoms in total. The van der Waals surface area contributed by atoms with Gasteiger partial charge in [-0.1, -0.05) is 49.9 Å². The highest BCUT2D eigenvalue weighted by Crippen LogP contribution is 2.50. The van der Waals surface area contributed by atoms with Crippen LogP contribution in [0.15, 0.2) is 64.5 Å². The first-order valence-electron chi connectivity index (χ1n) is 11.7.